The van der Waals surface area contributed by atoms with Crippen molar-refractivity contribution in [2.24, 2.45) is 0 Å². The van der Waals surface area contributed by atoms with Crippen LogP contribution in [0.1, 0.15) is 0 Å². The highest BCUT2D eigenvalue weighted by molar-refractivity contribution is 4.90. The second-order valence-electron chi connectivity index (χ2n) is 3.68. The molecule has 0 aromatic rings. The van der Waals surface area contributed by atoms with Crippen LogP contribution in [0.2, 0.25) is 0 Å². The summed E-state index contributed by atoms with van der Waals surface area (Å²) in [5, 5.41) is 37.2. The molecule has 4 N–H and O–H groups in total. The zero-order valence-electron chi connectivity index (χ0n) is 8.24. The molecule has 1 aliphatic rings. The summed E-state index contributed by atoms with van der Waals surface area (Å²) in [6.45, 7) is -0.394. The van der Waals surface area contributed by atoms with Crippen LogP contribution in [0.5, 0.6) is 0 Å². The Morgan fingerprint density at radius 1 is 1.07 bits per heavy atom. The van der Waals surface area contributed by atoms with Crippen molar-refractivity contribution in [2.75, 3.05) is 20.7 Å². The molecule has 1 unspecified atom stereocenters. The van der Waals surface area contributed by atoms with Crippen molar-refractivity contribution >= 4 is 0 Å². The van der Waals surface area contributed by atoms with E-state index in [9.17, 15) is 15.3 Å². The molecule has 0 spiro atoms. The van der Waals surface area contributed by atoms with Crippen LogP contribution in [-0.2, 0) is 4.74 Å². The number of aliphatic hydroxyl groups is 4. The minimum atomic E-state index is -1.30. The monoisotopic (exact) mass is 207 g/mol. The van der Waals surface area contributed by atoms with E-state index in [0.717, 1.165) is 0 Å². The van der Waals surface area contributed by atoms with E-state index in [1.807, 2.05) is 0 Å². The van der Waals surface area contributed by atoms with Crippen LogP contribution in [0.25, 0.3) is 0 Å². The molecule has 84 valence electrons. The topological polar surface area (TPSA) is 93.4 Å². The van der Waals surface area contributed by atoms with Crippen LogP contribution in [0.3, 0.4) is 0 Å². The molecular formula is C8H17NO5. The van der Waals surface area contributed by atoms with Crippen molar-refractivity contribution in [3.05, 3.63) is 0 Å². The van der Waals surface area contributed by atoms with Gasteiger partial charge < -0.3 is 25.2 Å². The van der Waals surface area contributed by atoms with E-state index in [1.54, 1.807) is 19.0 Å². The summed E-state index contributed by atoms with van der Waals surface area (Å²) in [4.78, 5) is 1.57. The summed E-state index contributed by atoms with van der Waals surface area (Å²) >= 11 is 0. The molecule has 0 amide bonds. The van der Waals surface area contributed by atoms with Gasteiger partial charge in [-0.2, -0.15) is 0 Å². The fourth-order valence-electron chi connectivity index (χ4n) is 1.51. The van der Waals surface area contributed by atoms with Gasteiger partial charge >= 0.3 is 0 Å². The molecule has 1 rings (SSSR count). The van der Waals surface area contributed by atoms with E-state index >= 15 is 0 Å². The maximum atomic E-state index is 9.53. The van der Waals surface area contributed by atoms with Crippen LogP contribution >= 0.6 is 0 Å². The van der Waals surface area contributed by atoms with Gasteiger partial charge in [0.05, 0.1) is 6.61 Å². The van der Waals surface area contributed by atoms with Gasteiger partial charge in [-0.3, -0.25) is 4.90 Å². The first-order valence-electron chi connectivity index (χ1n) is 4.46. The van der Waals surface area contributed by atoms with Crippen molar-refractivity contribution < 1.29 is 25.2 Å². The first kappa shape index (κ1) is 11.8. The first-order valence-corrected chi connectivity index (χ1v) is 4.46. The zero-order valence-corrected chi connectivity index (χ0v) is 8.24. The molecule has 0 aromatic carbocycles. The number of rotatable bonds is 2. The van der Waals surface area contributed by atoms with Crippen LogP contribution in [0.15, 0.2) is 0 Å². The van der Waals surface area contributed by atoms with Crippen LogP contribution in [0, 0.1) is 0 Å². The Morgan fingerprint density at radius 3 is 2.07 bits per heavy atom. The second kappa shape index (κ2) is 4.52. The van der Waals surface area contributed by atoms with E-state index in [1.165, 1.54) is 0 Å². The quantitative estimate of drug-likeness (QED) is 0.395. The van der Waals surface area contributed by atoms with Crippen LogP contribution in [-0.4, -0.2) is 76.7 Å². The van der Waals surface area contributed by atoms with E-state index < -0.39 is 37.3 Å². The lowest BCUT2D eigenvalue weighted by Gasteiger charge is -2.42. The molecule has 1 heterocycles. The van der Waals surface area contributed by atoms with Gasteiger partial charge in [-0.05, 0) is 14.1 Å². The zero-order chi connectivity index (χ0) is 10.9. The fourth-order valence-corrected chi connectivity index (χ4v) is 1.51. The standard InChI is InChI=1S/C8H17NO5/c1-9(2)8-7(13)6(12)5(11)4(3-10)14-8/h4-8,10-13H,3H2,1-2H3/t4-,5-,6+,7-,8?/m1/s1. The van der Waals surface area contributed by atoms with Crippen molar-refractivity contribution in [3.8, 4) is 0 Å². The summed E-state index contributed by atoms with van der Waals surface area (Å²) in [6.07, 6.45) is -5.31. The number of hydrogen-bond acceptors (Lipinski definition) is 6. The lowest BCUT2D eigenvalue weighted by molar-refractivity contribution is -0.258. The lowest BCUT2D eigenvalue weighted by Crippen LogP contribution is -2.62. The molecule has 0 bridgehead atoms. The molecule has 5 atom stereocenters. The average Bonchev–Trinajstić information content (AvgIpc) is 2.14. The predicted molar refractivity (Wildman–Crippen MR) is 47.5 cm³/mol. The Morgan fingerprint density at radius 2 is 1.64 bits per heavy atom. The van der Waals surface area contributed by atoms with Crippen molar-refractivity contribution in [3.63, 3.8) is 0 Å². The summed E-state index contributed by atoms with van der Waals surface area (Å²) < 4.78 is 5.21. The van der Waals surface area contributed by atoms with Crippen LogP contribution in [0.4, 0.5) is 0 Å². The SMILES string of the molecule is CN(C)C1O[C@H](CO)[C@@H](O)[C@H](O)[C@H]1O. The van der Waals surface area contributed by atoms with Crippen molar-refractivity contribution in [2.45, 2.75) is 30.6 Å². The third-order valence-corrected chi connectivity index (χ3v) is 2.38. The molecule has 1 fully saturated rings. The summed E-state index contributed by atoms with van der Waals surface area (Å²) in [5.41, 5.74) is 0. The maximum Gasteiger partial charge on any atom is 0.139 e. The molecule has 1 aliphatic heterocycles. The normalized spacial score (nSPS) is 44.4. The number of nitrogens with zero attached hydrogens (tertiary/aromatic N) is 1. The van der Waals surface area contributed by atoms with Gasteiger partial charge in [-0.25, -0.2) is 0 Å². The first-order chi connectivity index (χ1) is 6.49. The predicted octanol–water partition coefficient (Wildman–Crippen LogP) is -2.65. The molecule has 14 heavy (non-hydrogen) atoms. The van der Waals surface area contributed by atoms with Crippen molar-refractivity contribution in [1.82, 2.24) is 4.90 Å². The highest BCUT2D eigenvalue weighted by Gasteiger charge is 2.44. The second-order valence-corrected chi connectivity index (χ2v) is 3.68. The number of aliphatic hydroxyl groups excluding tert-OH is 4. The number of ether oxygens (including phenoxy) is 1. The number of likely N-dealkylation sites (N-methyl/N-ethyl adjacent to an activating group) is 1. The van der Waals surface area contributed by atoms with E-state index in [4.69, 9.17) is 9.84 Å². The third kappa shape index (κ3) is 2.05. The summed E-state index contributed by atoms with van der Waals surface area (Å²) in [6, 6.07) is 0. The fraction of sp³-hybridized carbons (Fsp3) is 1.00. The van der Waals surface area contributed by atoms with Crippen LogP contribution < -0.4 is 0 Å². The molecular weight excluding hydrogens is 190 g/mol. The van der Waals surface area contributed by atoms with Gasteiger partial charge in [0.1, 0.15) is 30.6 Å². The Balaban J connectivity index is 2.73. The maximum absolute atomic E-state index is 9.53. The highest BCUT2D eigenvalue weighted by Crippen LogP contribution is 2.21. The van der Waals surface area contributed by atoms with Crippen molar-refractivity contribution in [1.29, 1.82) is 0 Å². The van der Waals surface area contributed by atoms with Gasteiger partial charge in [0, 0.05) is 0 Å². The average molecular weight is 207 g/mol. The molecule has 6 nitrogen and oxygen atoms in total. The van der Waals surface area contributed by atoms with Gasteiger partial charge in [-0.1, -0.05) is 0 Å². The third-order valence-electron chi connectivity index (χ3n) is 2.38. The Kier molecular flexibility index (Phi) is 3.82. The van der Waals surface area contributed by atoms with Gasteiger partial charge in [-0.15, -0.1) is 0 Å². The van der Waals surface area contributed by atoms with Gasteiger partial charge in [0.25, 0.3) is 0 Å². The largest absolute Gasteiger partial charge is 0.394 e. The van der Waals surface area contributed by atoms with E-state index in [0.29, 0.717) is 0 Å². The summed E-state index contributed by atoms with van der Waals surface area (Å²) in [5.74, 6) is 0. The molecule has 0 saturated carbocycles. The molecule has 1 saturated heterocycles. The van der Waals surface area contributed by atoms with Gasteiger partial charge in [0.15, 0.2) is 0 Å². The minimum absolute atomic E-state index is 0.394. The molecule has 0 radical (unpaired) electrons. The Bertz CT molecular complexity index is 187. The van der Waals surface area contributed by atoms with E-state index in [2.05, 4.69) is 0 Å². The minimum Gasteiger partial charge on any atom is -0.394 e. The highest BCUT2D eigenvalue weighted by atomic mass is 16.6. The van der Waals surface area contributed by atoms with E-state index in [-0.39, 0.29) is 0 Å². The smallest absolute Gasteiger partial charge is 0.139 e. The Hall–Kier alpha value is -0.240. The number of hydrogen-bond donors (Lipinski definition) is 4. The molecule has 6 heteroatoms. The molecule has 0 aromatic heterocycles. The summed E-state index contributed by atoms with van der Waals surface area (Å²) in [7, 11) is 3.35. The lowest BCUT2D eigenvalue weighted by atomic mass is 9.98. The molecule has 0 aliphatic carbocycles. The Labute approximate surface area is 82.3 Å². The van der Waals surface area contributed by atoms with Gasteiger partial charge in [0.2, 0.25) is 0 Å².